The Hall–Kier alpha value is -0.703. The van der Waals surface area contributed by atoms with Crippen LogP contribution in [0.2, 0.25) is 6.04 Å². The molecule has 1 unspecified atom stereocenters. The summed E-state index contributed by atoms with van der Waals surface area (Å²) in [7, 11) is -3.42. The van der Waals surface area contributed by atoms with Crippen LogP contribution in [0.4, 0.5) is 8.22 Å². The fraction of sp³-hybridized carbons (Fsp3) is 0.400. The van der Waals surface area contributed by atoms with E-state index in [2.05, 4.69) is 0 Å². The first kappa shape index (κ1) is 10.4. The Morgan fingerprint density at radius 2 is 1.92 bits per heavy atom. The third kappa shape index (κ3) is 2.92. The van der Waals surface area contributed by atoms with Gasteiger partial charge in [0.25, 0.3) is 0 Å². The van der Waals surface area contributed by atoms with Crippen molar-refractivity contribution in [2.45, 2.75) is 25.8 Å². The molecule has 0 fully saturated rings. The number of hydrogen-bond acceptors (Lipinski definition) is 0. The van der Waals surface area contributed by atoms with Gasteiger partial charge in [-0.05, 0) is 24.0 Å². The monoisotopic (exact) mass is 200 g/mol. The molecule has 3 heteroatoms. The Kier molecular flexibility index (Phi) is 3.60. The van der Waals surface area contributed by atoms with E-state index in [4.69, 9.17) is 0 Å². The fourth-order valence-electron chi connectivity index (χ4n) is 1.53. The molecule has 0 aromatic heterocycles. The molecule has 0 aliphatic heterocycles. The van der Waals surface area contributed by atoms with Crippen molar-refractivity contribution in [2.75, 3.05) is 0 Å². The van der Waals surface area contributed by atoms with E-state index in [1.54, 1.807) is 0 Å². The lowest BCUT2D eigenvalue weighted by atomic mass is 9.98. The predicted octanol–water partition coefficient (Wildman–Crippen LogP) is 3.26. The molecule has 1 atom stereocenters. The molecule has 1 rings (SSSR count). The molecule has 72 valence electrons. The van der Waals surface area contributed by atoms with Crippen LogP contribution in [0.25, 0.3) is 0 Å². The van der Waals surface area contributed by atoms with Crippen LogP contribution in [-0.2, 0) is 0 Å². The minimum Gasteiger partial charge on any atom is -0.275 e. The van der Waals surface area contributed by atoms with E-state index in [-0.39, 0.29) is 12.0 Å². The van der Waals surface area contributed by atoms with Gasteiger partial charge in [-0.2, -0.15) is 0 Å². The zero-order valence-corrected chi connectivity index (χ0v) is 9.08. The van der Waals surface area contributed by atoms with Crippen molar-refractivity contribution >= 4 is 9.46 Å². The lowest BCUT2D eigenvalue weighted by molar-refractivity contribution is 0.630. The smallest absolute Gasteiger partial charge is 0.275 e. The quantitative estimate of drug-likeness (QED) is 0.519. The van der Waals surface area contributed by atoms with Crippen LogP contribution < -0.4 is 0 Å². The molecule has 0 radical (unpaired) electrons. The molecule has 0 aliphatic rings. The van der Waals surface area contributed by atoms with E-state index in [9.17, 15) is 8.22 Å². The molecule has 1 aromatic carbocycles. The number of aryl methyl sites for hydroxylation is 1. The van der Waals surface area contributed by atoms with Gasteiger partial charge in [0.15, 0.2) is 0 Å². The predicted molar refractivity (Wildman–Crippen MR) is 53.8 cm³/mol. The van der Waals surface area contributed by atoms with Gasteiger partial charge < -0.3 is 0 Å². The Morgan fingerprint density at radius 1 is 1.31 bits per heavy atom. The third-order valence-electron chi connectivity index (χ3n) is 2.25. The van der Waals surface area contributed by atoms with E-state index in [1.807, 2.05) is 38.1 Å². The Balaban J connectivity index is 2.76. The molecule has 0 saturated carbocycles. The first-order valence-electron chi connectivity index (χ1n) is 4.45. The Labute approximate surface area is 79.5 Å². The Bertz CT molecular complexity index is 273. The van der Waals surface area contributed by atoms with Crippen LogP contribution in [0.3, 0.4) is 0 Å². The summed E-state index contributed by atoms with van der Waals surface area (Å²) in [4.78, 5) is 0. The third-order valence-corrected chi connectivity index (χ3v) is 3.31. The second-order valence-corrected chi connectivity index (χ2v) is 4.64. The standard InChI is InChI=1S/C10H14F2Si/c1-8-5-3-4-6-10(8)9(2)7-13(11)12/h3-6,9,13H,7H2,1-2H3. The maximum Gasteiger partial charge on any atom is 0.412 e. The normalized spacial score (nSPS) is 13.3. The molecule has 0 N–H and O–H groups in total. The summed E-state index contributed by atoms with van der Waals surface area (Å²) >= 11 is 0. The molecule has 0 bridgehead atoms. The van der Waals surface area contributed by atoms with Crippen molar-refractivity contribution in [1.82, 2.24) is 0 Å². The minimum atomic E-state index is -3.42. The van der Waals surface area contributed by atoms with Crippen LogP contribution in [0.15, 0.2) is 24.3 Å². The van der Waals surface area contributed by atoms with Gasteiger partial charge in [0, 0.05) is 6.04 Å². The van der Waals surface area contributed by atoms with Gasteiger partial charge >= 0.3 is 9.46 Å². The van der Waals surface area contributed by atoms with E-state index < -0.39 is 9.46 Å². The van der Waals surface area contributed by atoms with Gasteiger partial charge in [0.05, 0.1) is 0 Å². The van der Waals surface area contributed by atoms with E-state index in [0.29, 0.717) is 0 Å². The number of hydrogen-bond donors (Lipinski definition) is 0. The lowest BCUT2D eigenvalue weighted by Gasteiger charge is -2.12. The molecular weight excluding hydrogens is 186 g/mol. The van der Waals surface area contributed by atoms with Gasteiger partial charge in [0.2, 0.25) is 0 Å². The minimum absolute atomic E-state index is 0.00728. The number of benzene rings is 1. The second-order valence-electron chi connectivity index (χ2n) is 3.38. The van der Waals surface area contributed by atoms with Crippen molar-refractivity contribution in [3.05, 3.63) is 35.4 Å². The fourth-order valence-corrected chi connectivity index (χ4v) is 2.32. The SMILES string of the molecule is Cc1ccccc1C(C)C[SiH](F)F. The van der Waals surface area contributed by atoms with Crippen molar-refractivity contribution in [1.29, 1.82) is 0 Å². The first-order chi connectivity index (χ1) is 6.11. The molecule has 0 saturated heterocycles. The highest BCUT2D eigenvalue weighted by Crippen LogP contribution is 2.24. The van der Waals surface area contributed by atoms with Gasteiger partial charge in [0.1, 0.15) is 0 Å². The van der Waals surface area contributed by atoms with Crippen LogP contribution in [-0.4, -0.2) is 9.46 Å². The van der Waals surface area contributed by atoms with Crippen LogP contribution in [0, 0.1) is 6.92 Å². The first-order valence-corrected chi connectivity index (χ1v) is 6.14. The lowest BCUT2D eigenvalue weighted by Crippen LogP contribution is -2.04. The van der Waals surface area contributed by atoms with Crippen LogP contribution in [0.5, 0.6) is 0 Å². The van der Waals surface area contributed by atoms with Gasteiger partial charge in [-0.25, -0.2) is 0 Å². The Morgan fingerprint density at radius 3 is 2.46 bits per heavy atom. The molecule has 0 aliphatic carbocycles. The zero-order chi connectivity index (χ0) is 9.84. The summed E-state index contributed by atoms with van der Waals surface area (Å²) in [6.45, 7) is 3.85. The molecular formula is C10H14F2Si. The summed E-state index contributed by atoms with van der Waals surface area (Å²) in [6.07, 6.45) is 0. The largest absolute Gasteiger partial charge is 0.412 e. The van der Waals surface area contributed by atoms with Gasteiger partial charge in [-0.3, -0.25) is 8.22 Å². The van der Waals surface area contributed by atoms with E-state index in [1.165, 1.54) is 0 Å². The van der Waals surface area contributed by atoms with E-state index >= 15 is 0 Å². The average Bonchev–Trinajstić information content (AvgIpc) is 2.03. The number of rotatable bonds is 3. The maximum atomic E-state index is 12.2. The van der Waals surface area contributed by atoms with Crippen LogP contribution >= 0.6 is 0 Å². The van der Waals surface area contributed by atoms with Crippen molar-refractivity contribution in [3.63, 3.8) is 0 Å². The second kappa shape index (κ2) is 4.51. The highest BCUT2D eigenvalue weighted by molar-refractivity contribution is 6.42. The van der Waals surface area contributed by atoms with Crippen molar-refractivity contribution < 1.29 is 8.22 Å². The summed E-state index contributed by atoms with van der Waals surface area (Å²) in [5.74, 6) is 0.00728. The maximum absolute atomic E-state index is 12.2. The molecule has 13 heavy (non-hydrogen) atoms. The summed E-state index contributed by atoms with van der Waals surface area (Å²) in [6, 6.07) is 7.84. The van der Waals surface area contributed by atoms with E-state index in [0.717, 1.165) is 11.1 Å². The molecule has 0 nitrogen and oxygen atoms in total. The molecule has 0 amide bonds. The van der Waals surface area contributed by atoms with Crippen molar-refractivity contribution in [2.24, 2.45) is 0 Å². The summed E-state index contributed by atoms with van der Waals surface area (Å²) in [5, 5.41) is 0. The highest BCUT2D eigenvalue weighted by Gasteiger charge is 2.16. The highest BCUT2D eigenvalue weighted by atomic mass is 28.4. The summed E-state index contributed by atoms with van der Waals surface area (Å²) in [5.41, 5.74) is 2.18. The molecule has 0 heterocycles. The number of halogens is 2. The van der Waals surface area contributed by atoms with Crippen LogP contribution in [0.1, 0.15) is 24.0 Å². The average molecular weight is 200 g/mol. The van der Waals surface area contributed by atoms with Crippen molar-refractivity contribution in [3.8, 4) is 0 Å². The topological polar surface area (TPSA) is 0 Å². The zero-order valence-electron chi connectivity index (χ0n) is 7.93. The van der Waals surface area contributed by atoms with Gasteiger partial charge in [-0.15, -0.1) is 0 Å². The molecule has 0 spiro atoms. The summed E-state index contributed by atoms with van der Waals surface area (Å²) < 4.78 is 24.5. The van der Waals surface area contributed by atoms with Gasteiger partial charge in [-0.1, -0.05) is 31.2 Å². The molecule has 1 aromatic rings.